The van der Waals surface area contributed by atoms with E-state index >= 15 is 0 Å². The third-order valence-electron chi connectivity index (χ3n) is 5.31. The maximum absolute atomic E-state index is 13.5. The van der Waals surface area contributed by atoms with Crippen molar-refractivity contribution in [2.45, 2.75) is 13.1 Å². The first kappa shape index (κ1) is 17.4. The van der Waals surface area contributed by atoms with E-state index in [-0.39, 0.29) is 11.7 Å². The van der Waals surface area contributed by atoms with Gasteiger partial charge in [0.05, 0.1) is 18.8 Å². The lowest BCUT2D eigenvalue weighted by Crippen LogP contribution is -2.37. The van der Waals surface area contributed by atoms with E-state index in [0.717, 1.165) is 39.1 Å². The van der Waals surface area contributed by atoms with Crippen molar-refractivity contribution in [3.63, 3.8) is 0 Å². The number of fused-ring (bicyclic) bond motifs is 2. The van der Waals surface area contributed by atoms with Crippen molar-refractivity contribution in [3.8, 4) is 22.4 Å². The minimum absolute atomic E-state index is 0.103. The van der Waals surface area contributed by atoms with Gasteiger partial charge >= 0.3 is 0 Å². The summed E-state index contributed by atoms with van der Waals surface area (Å²) >= 11 is 0. The molecule has 4 heterocycles. The van der Waals surface area contributed by atoms with Crippen LogP contribution < -0.4 is 0 Å². The topological polar surface area (TPSA) is 66.8 Å². The van der Waals surface area contributed by atoms with Crippen molar-refractivity contribution < 1.29 is 9.18 Å². The molecule has 1 aromatic carbocycles. The van der Waals surface area contributed by atoms with Gasteiger partial charge in [0.2, 0.25) is 5.91 Å². The lowest BCUT2D eigenvalue weighted by atomic mass is 9.97. The van der Waals surface area contributed by atoms with E-state index in [0.29, 0.717) is 19.6 Å². The van der Waals surface area contributed by atoms with Crippen molar-refractivity contribution in [2.75, 3.05) is 6.54 Å². The Kier molecular flexibility index (Phi) is 4.01. The standard InChI is InChI=1S/C22H18FN5O/c1-2-19(29)27-11-12-28-18(13-27)20(16-7-9-24-22-17(16)8-10-25-22)21(26-28)14-3-5-15(23)6-4-14/h2-10H,1,11-13H2,(H,24,25). The fourth-order valence-corrected chi connectivity index (χ4v) is 3.91. The minimum atomic E-state index is -0.293. The van der Waals surface area contributed by atoms with Gasteiger partial charge in [-0.15, -0.1) is 0 Å². The molecular formula is C22H18FN5O. The van der Waals surface area contributed by atoms with Gasteiger partial charge in [-0.05, 0) is 48.0 Å². The summed E-state index contributed by atoms with van der Waals surface area (Å²) in [6.45, 7) is 5.19. The predicted octanol–water partition coefficient (Wildman–Crippen LogP) is 3.76. The number of nitrogens with zero attached hydrogens (tertiary/aromatic N) is 4. The molecule has 5 rings (SSSR count). The third kappa shape index (κ3) is 2.82. The van der Waals surface area contributed by atoms with Crippen LogP contribution >= 0.6 is 0 Å². The minimum Gasteiger partial charge on any atom is -0.346 e. The molecule has 1 aliphatic heterocycles. The van der Waals surface area contributed by atoms with Crippen LogP contribution in [0.25, 0.3) is 33.4 Å². The van der Waals surface area contributed by atoms with Crippen molar-refractivity contribution >= 4 is 16.9 Å². The molecule has 3 aromatic heterocycles. The number of hydrogen-bond donors (Lipinski definition) is 1. The van der Waals surface area contributed by atoms with Crippen LogP contribution in [0.15, 0.2) is 61.4 Å². The fraction of sp³-hybridized carbons (Fsp3) is 0.136. The summed E-state index contributed by atoms with van der Waals surface area (Å²) < 4.78 is 15.5. The molecule has 1 N–H and O–H groups in total. The van der Waals surface area contributed by atoms with Crippen LogP contribution in [0.1, 0.15) is 5.69 Å². The summed E-state index contributed by atoms with van der Waals surface area (Å²) in [7, 11) is 0. The van der Waals surface area contributed by atoms with E-state index in [2.05, 4.69) is 16.5 Å². The van der Waals surface area contributed by atoms with Crippen LogP contribution in [0.4, 0.5) is 4.39 Å². The van der Waals surface area contributed by atoms with Gasteiger partial charge in [-0.1, -0.05) is 6.58 Å². The molecule has 0 aliphatic carbocycles. The maximum atomic E-state index is 13.5. The molecule has 0 bridgehead atoms. The first-order valence-electron chi connectivity index (χ1n) is 9.35. The number of nitrogens with one attached hydrogen (secondary N) is 1. The molecule has 0 fully saturated rings. The molecule has 4 aromatic rings. The molecule has 0 unspecified atom stereocenters. The normalized spacial score (nSPS) is 13.5. The first-order chi connectivity index (χ1) is 14.2. The smallest absolute Gasteiger partial charge is 0.246 e. The Morgan fingerprint density at radius 2 is 2.00 bits per heavy atom. The highest BCUT2D eigenvalue weighted by molar-refractivity contribution is 5.98. The highest BCUT2D eigenvalue weighted by Crippen LogP contribution is 2.39. The molecule has 0 radical (unpaired) electrons. The number of H-pyrrole nitrogens is 1. The Morgan fingerprint density at radius 1 is 1.17 bits per heavy atom. The van der Waals surface area contributed by atoms with Gasteiger partial charge in [0.25, 0.3) is 0 Å². The lowest BCUT2D eigenvalue weighted by molar-refractivity contribution is -0.127. The van der Waals surface area contributed by atoms with E-state index in [9.17, 15) is 9.18 Å². The van der Waals surface area contributed by atoms with Crippen molar-refractivity contribution in [1.82, 2.24) is 24.6 Å². The highest BCUT2D eigenvalue weighted by atomic mass is 19.1. The van der Waals surface area contributed by atoms with Gasteiger partial charge in [0.15, 0.2) is 0 Å². The summed E-state index contributed by atoms with van der Waals surface area (Å²) in [6, 6.07) is 10.3. The second-order valence-electron chi connectivity index (χ2n) is 6.96. The van der Waals surface area contributed by atoms with Gasteiger partial charge in [-0.2, -0.15) is 5.10 Å². The SMILES string of the molecule is C=CC(=O)N1CCn2nc(-c3ccc(F)cc3)c(-c3ccnc4[nH]ccc34)c2C1. The van der Waals surface area contributed by atoms with Crippen molar-refractivity contribution in [2.24, 2.45) is 0 Å². The van der Waals surface area contributed by atoms with E-state index in [1.165, 1.54) is 18.2 Å². The van der Waals surface area contributed by atoms with Gasteiger partial charge in [-0.3, -0.25) is 9.48 Å². The molecular weight excluding hydrogens is 369 g/mol. The number of aromatic nitrogens is 4. The number of carbonyl (C=O) groups excluding carboxylic acids is 1. The molecule has 1 aliphatic rings. The number of amides is 1. The number of rotatable bonds is 3. The van der Waals surface area contributed by atoms with Gasteiger partial charge in [0, 0.05) is 35.5 Å². The van der Waals surface area contributed by atoms with Crippen molar-refractivity contribution in [3.05, 3.63) is 73.0 Å². The van der Waals surface area contributed by atoms with E-state index in [4.69, 9.17) is 5.10 Å². The highest BCUT2D eigenvalue weighted by Gasteiger charge is 2.28. The first-order valence-corrected chi connectivity index (χ1v) is 9.35. The van der Waals surface area contributed by atoms with Crippen LogP contribution in [0.2, 0.25) is 0 Å². The molecule has 29 heavy (non-hydrogen) atoms. The van der Waals surface area contributed by atoms with Crippen molar-refractivity contribution in [1.29, 1.82) is 0 Å². The van der Waals surface area contributed by atoms with Gasteiger partial charge < -0.3 is 9.88 Å². The molecule has 7 heteroatoms. The van der Waals surface area contributed by atoms with Crippen LogP contribution in [-0.4, -0.2) is 37.1 Å². The second-order valence-corrected chi connectivity index (χ2v) is 6.96. The zero-order valence-corrected chi connectivity index (χ0v) is 15.6. The summed E-state index contributed by atoms with van der Waals surface area (Å²) in [5, 5.41) is 5.81. The molecule has 0 spiro atoms. The molecule has 6 nitrogen and oxygen atoms in total. The molecule has 144 valence electrons. The summed E-state index contributed by atoms with van der Waals surface area (Å²) in [5.74, 6) is -0.396. The molecule has 1 amide bonds. The Morgan fingerprint density at radius 3 is 2.79 bits per heavy atom. The number of benzene rings is 1. The Labute approximate surface area is 166 Å². The summed E-state index contributed by atoms with van der Waals surface area (Å²) in [4.78, 5) is 21.5. The largest absolute Gasteiger partial charge is 0.346 e. The summed E-state index contributed by atoms with van der Waals surface area (Å²) in [6.07, 6.45) is 4.94. The van der Waals surface area contributed by atoms with Crippen LogP contribution in [-0.2, 0) is 17.9 Å². The van der Waals surface area contributed by atoms with E-state index in [1.807, 2.05) is 23.0 Å². The van der Waals surface area contributed by atoms with Gasteiger partial charge in [-0.25, -0.2) is 9.37 Å². The lowest BCUT2D eigenvalue weighted by Gasteiger charge is -2.27. The average molecular weight is 387 g/mol. The molecule has 0 atom stereocenters. The molecule has 0 saturated carbocycles. The number of halogens is 1. The average Bonchev–Trinajstić information content (AvgIpc) is 3.37. The monoisotopic (exact) mass is 387 g/mol. The maximum Gasteiger partial charge on any atom is 0.246 e. The quantitative estimate of drug-likeness (QED) is 0.544. The summed E-state index contributed by atoms with van der Waals surface area (Å²) in [5.41, 5.74) is 5.23. The van der Waals surface area contributed by atoms with E-state index in [1.54, 1.807) is 23.2 Å². The van der Waals surface area contributed by atoms with Crippen LogP contribution in [0, 0.1) is 5.82 Å². The molecule has 0 saturated heterocycles. The Hall–Kier alpha value is -3.74. The fourth-order valence-electron chi connectivity index (χ4n) is 3.91. The Balaban J connectivity index is 1.76. The number of carbonyl (C=O) groups is 1. The third-order valence-corrected chi connectivity index (χ3v) is 5.31. The zero-order valence-electron chi connectivity index (χ0n) is 15.6. The Bertz CT molecular complexity index is 1240. The number of hydrogen-bond acceptors (Lipinski definition) is 3. The number of pyridine rings is 1. The number of aromatic amines is 1. The van der Waals surface area contributed by atoms with Crippen LogP contribution in [0.3, 0.4) is 0 Å². The van der Waals surface area contributed by atoms with Crippen LogP contribution in [0.5, 0.6) is 0 Å². The van der Waals surface area contributed by atoms with Gasteiger partial charge in [0.1, 0.15) is 17.2 Å². The second kappa shape index (κ2) is 6.70. The predicted molar refractivity (Wildman–Crippen MR) is 108 cm³/mol. The zero-order chi connectivity index (χ0) is 20.0. The van der Waals surface area contributed by atoms with E-state index < -0.39 is 0 Å².